The van der Waals surface area contributed by atoms with Crippen molar-refractivity contribution in [2.45, 2.75) is 6.92 Å². The van der Waals surface area contributed by atoms with E-state index in [9.17, 15) is 4.79 Å². The van der Waals surface area contributed by atoms with Gasteiger partial charge in [0.25, 0.3) is 0 Å². The average Bonchev–Trinajstić information content (AvgIpc) is 2.68. The van der Waals surface area contributed by atoms with Crippen LogP contribution < -0.4 is 5.73 Å². The second-order valence-electron chi connectivity index (χ2n) is 3.48. The maximum Gasteiger partial charge on any atom is 0.202 e. The Hall–Kier alpha value is -1.13. The fourth-order valence-corrected chi connectivity index (χ4v) is 2.58. The highest BCUT2D eigenvalue weighted by molar-refractivity contribution is 9.10. The summed E-state index contributed by atoms with van der Waals surface area (Å²) in [4.78, 5) is 14.0. The highest BCUT2D eigenvalue weighted by atomic mass is 79.9. The maximum absolute atomic E-state index is 12.1. The lowest BCUT2D eigenvalue weighted by Gasteiger charge is -2.01. The molecule has 16 heavy (non-hydrogen) atoms. The molecule has 0 radical (unpaired) electrons. The number of rotatable bonds is 2. The van der Waals surface area contributed by atoms with Gasteiger partial charge in [0.15, 0.2) is 0 Å². The molecule has 4 heteroatoms. The van der Waals surface area contributed by atoms with Gasteiger partial charge in [0, 0.05) is 20.6 Å². The van der Waals surface area contributed by atoms with E-state index in [-0.39, 0.29) is 5.78 Å². The SMILES string of the molecule is Cc1ccc(C(=O)c2ccc(N)c(Br)c2)s1. The number of hydrogen-bond acceptors (Lipinski definition) is 3. The first-order valence-corrected chi connectivity index (χ1v) is 6.35. The van der Waals surface area contributed by atoms with Crippen molar-refractivity contribution in [2.75, 3.05) is 5.73 Å². The first kappa shape index (κ1) is 11.4. The van der Waals surface area contributed by atoms with E-state index in [4.69, 9.17) is 5.73 Å². The Kier molecular flexibility index (Phi) is 3.12. The molecule has 0 aliphatic rings. The molecular weight excluding hydrogens is 286 g/mol. The van der Waals surface area contributed by atoms with Crippen LogP contribution in [0.2, 0.25) is 0 Å². The molecule has 1 aromatic heterocycles. The van der Waals surface area contributed by atoms with Gasteiger partial charge in [0.2, 0.25) is 5.78 Å². The molecular formula is C12H10BrNOS. The van der Waals surface area contributed by atoms with Gasteiger partial charge in [-0.25, -0.2) is 0 Å². The minimum Gasteiger partial charge on any atom is -0.398 e. The largest absolute Gasteiger partial charge is 0.398 e. The second-order valence-corrected chi connectivity index (χ2v) is 5.62. The van der Waals surface area contributed by atoms with Gasteiger partial charge in [0.05, 0.1) is 4.88 Å². The molecule has 0 unspecified atom stereocenters. The predicted octanol–water partition coefficient (Wildman–Crippen LogP) is 3.63. The van der Waals surface area contributed by atoms with E-state index in [1.165, 1.54) is 11.3 Å². The zero-order chi connectivity index (χ0) is 11.7. The summed E-state index contributed by atoms with van der Waals surface area (Å²) in [7, 11) is 0. The molecule has 0 atom stereocenters. The number of ketones is 1. The highest BCUT2D eigenvalue weighted by Gasteiger charge is 2.11. The maximum atomic E-state index is 12.1. The predicted molar refractivity (Wildman–Crippen MR) is 71.0 cm³/mol. The van der Waals surface area contributed by atoms with Crippen molar-refractivity contribution in [3.63, 3.8) is 0 Å². The minimum atomic E-state index is 0.0406. The van der Waals surface area contributed by atoms with E-state index in [2.05, 4.69) is 15.9 Å². The van der Waals surface area contributed by atoms with Gasteiger partial charge < -0.3 is 5.73 Å². The van der Waals surface area contributed by atoms with Crippen LogP contribution in [-0.4, -0.2) is 5.78 Å². The summed E-state index contributed by atoms with van der Waals surface area (Å²) >= 11 is 4.82. The van der Waals surface area contributed by atoms with Crippen LogP contribution in [0, 0.1) is 6.92 Å². The van der Waals surface area contributed by atoms with Gasteiger partial charge in [-0.1, -0.05) is 0 Å². The zero-order valence-corrected chi connectivity index (χ0v) is 11.1. The number of carbonyl (C=O) groups is 1. The molecule has 0 bridgehead atoms. The van der Waals surface area contributed by atoms with Crippen molar-refractivity contribution in [1.29, 1.82) is 0 Å². The van der Waals surface area contributed by atoms with Crippen LogP contribution in [0.3, 0.4) is 0 Å². The summed E-state index contributed by atoms with van der Waals surface area (Å²) in [5.41, 5.74) is 6.97. The monoisotopic (exact) mass is 295 g/mol. The lowest BCUT2D eigenvalue weighted by Crippen LogP contribution is -1.99. The van der Waals surface area contributed by atoms with Gasteiger partial charge in [-0.3, -0.25) is 4.79 Å². The average molecular weight is 296 g/mol. The lowest BCUT2D eigenvalue weighted by molar-refractivity contribution is 0.104. The Balaban J connectivity index is 2.38. The van der Waals surface area contributed by atoms with Crippen molar-refractivity contribution in [2.24, 2.45) is 0 Å². The molecule has 0 spiro atoms. The normalized spacial score (nSPS) is 10.4. The van der Waals surface area contributed by atoms with Crippen LogP contribution >= 0.6 is 27.3 Å². The summed E-state index contributed by atoms with van der Waals surface area (Å²) in [5, 5.41) is 0. The fourth-order valence-electron chi connectivity index (χ4n) is 1.37. The fraction of sp³-hybridized carbons (Fsp3) is 0.0833. The van der Waals surface area contributed by atoms with E-state index < -0.39 is 0 Å². The van der Waals surface area contributed by atoms with Crippen LogP contribution in [-0.2, 0) is 0 Å². The number of benzene rings is 1. The molecule has 0 saturated carbocycles. The second kappa shape index (κ2) is 4.39. The van der Waals surface area contributed by atoms with Crippen molar-refractivity contribution in [3.8, 4) is 0 Å². The number of halogens is 1. The van der Waals surface area contributed by atoms with Gasteiger partial charge in [-0.05, 0) is 53.2 Å². The van der Waals surface area contributed by atoms with Gasteiger partial charge in [-0.15, -0.1) is 11.3 Å². The molecule has 82 valence electrons. The molecule has 2 aromatic rings. The van der Waals surface area contributed by atoms with Gasteiger partial charge >= 0.3 is 0 Å². The number of carbonyl (C=O) groups excluding carboxylic acids is 1. The molecule has 2 nitrogen and oxygen atoms in total. The number of nitrogens with two attached hydrogens (primary N) is 1. The Labute approximate surface area is 106 Å². The van der Waals surface area contributed by atoms with Crippen molar-refractivity contribution in [3.05, 3.63) is 50.1 Å². The van der Waals surface area contributed by atoms with E-state index >= 15 is 0 Å². The Morgan fingerprint density at radius 1 is 1.31 bits per heavy atom. The minimum absolute atomic E-state index is 0.0406. The Morgan fingerprint density at radius 2 is 2.06 bits per heavy atom. The smallest absolute Gasteiger partial charge is 0.202 e. The third-order valence-electron chi connectivity index (χ3n) is 2.23. The van der Waals surface area contributed by atoms with Crippen LogP contribution in [0.15, 0.2) is 34.8 Å². The van der Waals surface area contributed by atoms with Crippen LogP contribution in [0.1, 0.15) is 20.1 Å². The summed E-state index contributed by atoms with van der Waals surface area (Å²) in [6.45, 7) is 1.99. The van der Waals surface area contributed by atoms with Crippen molar-refractivity contribution >= 4 is 38.7 Å². The summed E-state index contributed by atoms with van der Waals surface area (Å²) in [6.07, 6.45) is 0. The molecule has 0 saturated heterocycles. The number of thiophene rings is 1. The first-order valence-electron chi connectivity index (χ1n) is 4.74. The summed E-state index contributed by atoms with van der Waals surface area (Å²) in [5.74, 6) is 0.0406. The van der Waals surface area contributed by atoms with Crippen molar-refractivity contribution < 1.29 is 4.79 Å². The Bertz CT molecular complexity index is 548. The van der Waals surface area contributed by atoms with Crippen molar-refractivity contribution in [1.82, 2.24) is 0 Å². The molecule has 2 rings (SSSR count). The van der Waals surface area contributed by atoms with Crippen LogP contribution in [0.5, 0.6) is 0 Å². The molecule has 1 heterocycles. The molecule has 0 amide bonds. The topological polar surface area (TPSA) is 43.1 Å². The highest BCUT2D eigenvalue weighted by Crippen LogP contribution is 2.24. The Morgan fingerprint density at radius 3 is 2.62 bits per heavy atom. The first-order chi connectivity index (χ1) is 7.58. The van der Waals surface area contributed by atoms with E-state index in [1.54, 1.807) is 18.2 Å². The molecule has 2 N–H and O–H groups in total. The summed E-state index contributed by atoms with van der Waals surface area (Å²) in [6, 6.07) is 9.04. The van der Waals surface area contributed by atoms with Crippen LogP contribution in [0.4, 0.5) is 5.69 Å². The molecule has 0 fully saturated rings. The number of hydrogen-bond donors (Lipinski definition) is 1. The number of aryl methyl sites for hydroxylation is 1. The van der Waals surface area contributed by atoms with Gasteiger partial charge in [0.1, 0.15) is 0 Å². The van der Waals surface area contributed by atoms with E-state index in [1.807, 2.05) is 19.1 Å². The molecule has 0 aliphatic heterocycles. The zero-order valence-electron chi connectivity index (χ0n) is 8.66. The molecule has 0 aliphatic carbocycles. The summed E-state index contributed by atoms with van der Waals surface area (Å²) < 4.78 is 0.756. The number of anilines is 1. The van der Waals surface area contributed by atoms with E-state index in [0.717, 1.165) is 14.2 Å². The third-order valence-corrected chi connectivity index (χ3v) is 3.91. The van der Waals surface area contributed by atoms with Gasteiger partial charge in [-0.2, -0.15) is 0 Å². The quantitative estimate of drug-likeness (QED) is 0.679. The lowest BCUT2D eigenvalue weighted by atomic mass is 10.1. The standard InChI is InChI=1S/C12H10BrNOS/c1-7-2-5-11(16-7)12(15)8-3-4-10(14)9(13)6-8/h2-6H,14H2,1H3. The van der Waals surface area contributed by atoms with Crippen LogP contribution in [0.25, 0.3) is 0 Å². The van der Waals surface area contributed by atoms with E-state index in [0.29, 0.717) is 11.3 Å². The molecule has 1 aromatic carbocycles. The third kappa shape index (κ3) is 2.18. The number of nitrogen functional groups attached to an aromatic ring is 1.